The van der Waals surface area contributed by atoms with Crippen molar-refractivity contribution < 1.29 is 32.1 Å². The van der Waals surface area contributed by atoms with Crippen LogP contribution in [0.4, 0.5) is 4.79 Å². The predicted molar refractivity (Wildman–Crippen MR) is 147 cm³/mol. The minimum absolute atomic E-state index is 0.227. The third-order valence-corrected chi connectivity index (χ3v) is 8.97. The fourth-order valence-electron chi connectivity index (χ4n) is 4.51. The largest absolute Gasteiger partial charge is 0.498 e. The first-order valence-electron chi connectivity index (χ1n) is 13.5. The molecule has 218 valence electrons. The Morgan fingerprint density at radius 1 is 1.13 bits per heavy atom. The van der Waals surface area contributed by atoms with E-state index in [1.165, 1.54) is 12.4 Å². The molecule has 3 rings (SSSR count). The number of amides is 2. The summed E-state index contributed by atoms with van der Waals surface area (Å²) in [5, 5.41) is 2.37. The van der Waals surface area contributed by atoms with Gasteiger partial charge < -0.3 is 24.3 Å². The second-order valence-corrected chi connectivity index (χ2v) is 14.6. The Labute approximate surface area is 232 Å². The molecule has 1 N–H and O–H groups in total. The summed E-state index contributed by atoms with van der Waals surface area (Å²) in [5.41, 5.74) is -1.29. The number of sulfone groups is 1. The molecule has 0 spiro atoms. The lowest BCUT2D eigenvalue weighted by atomic mass is 9.81. The minimum Gasteiger partial charge on any atom is -0.444 e. The van der Waals surface area contributed by atoms with Crippen molar-refractivity contribution in [2.75, 3.05) is 12.3 Å². The fraction of sp³-hybridized carbons (Fsp3) is 0.769. The third-order valence-electron chi connectivity index (χ3n) is 7.38. The molecule has 11 nitrogen and oxygen atoms in total. The smallest absolute Gasteiger partial charge is 0.444 e. The maximum atomic E-state index is 13.6. The third kappa shape index (κ3) is 7.49. The van der Waals surface area contributed by atoms with Crippen molar-refractivity contribution in [3.8, 4) is 0 Å². The molecule has 2 aliphatic rings. The molecular weight excluding hydrogens is 523 g/mol. The van der Waals surface area contributed by atoms with Gasteiger partial charge in [0.15, 0.2) is 0 Å². The van der Waals surface area contributed by atoms with Crippen molar-refractivity contribution in [2.45, 2.75) is 116 Å². The van der Waals surface area contributed by atoms with Crippen molar-refractivity contribution in [2.24, 2.45) is 5.92 Å². The molecular formula is C26H43BN4O7S. The second-order valence-electron chi connectivity index (χ2n) is 12.7. The first-order valence-corrected chi connectivity index (χ1v) is 15.2. The number of likely N-dealkylation sites (tertiary alicyclic amines) is 1. The molecule has 39 heavy (non-hydrogen) atoms. The number of hydrogen-bond acceptors (Lipinski definition) is 9. The van der Waals surface area contributed by atoms with E-state index >= 15 is 0 Å². The SMILES string of the molecule is CC(C)C(NC(=O)OC(C)(C)C)C(=O)N1CCCCC1CS(=O)(=O)c1ncc(B2OC(C)(C)C(C)(C)O2)cn1. The highest BCUT2D eigenvalue weighted by molar-refractivity contribution is 7.91. The highest BCUT2D eigenvalue weighted by Crippen LogP contribution is 2.36. The monoisotopic (exact) mass is 566 g/mol. The van der Waals surface area contributed by atoms with Gasteiger partial charge in [-0.05, 0) is 73.6 Å². The molecule has 0 bridgehead atoms. The van der Waals surface area contributed by atoms with Gasteiger partial charge >= 0.3 is 13.2 Å². The summed E-state index contributed by atoms with van der Waals surface area (Å²) in [7, 11) is -4.62. The van der Waals surface area contributed by atoms with E-state index < -0.39 is 51.9 Å². The molecule has 3 heterocycles. The number of piperidine rings is 1. The summed E-state index contributed by atoms with van der Waals surface area (Å²) in [5.74, 6) is -0.867. The fourth-order valence-corrected chi connectivity index (χ4v) is 5.93. The normalized spacial score (nSPS) is 22.1. The molecule has 2 aliphatic heterocycles. The Morgan fingerprint density at radius 2 is 1.69 bits per heavy atom. The van der Waals surface area contributed by atoms with E-state index in [1.807, 2.05) is 41.5 Å². The van der Waals surface area contributed by atoms with E-state index in [9.17, 15) is 18.0 Å². The first kappa shape index (κ1) is 31.3. The number of ether oxygens (including phenoxy) is 1. The Bertz CT molecular complexity index is 1130. The van der Waals surface area contributed by atoms with Crippen LogP contribution in [0.3, 0.4) is 0 Å². The molecule has 1 aromatic heterocycles. The molecule has 13 heteroatoms. The van der Waals surface area contributed by atoms with Gasteiger partial charge in [0.25, 0.3) is 0 Å². The molecule has 0 aromatic carbocycles. The van der Waals surface area contributed by atoms with Gasteiger partial charge in [0, 0.05) is 30.4 Å². The highest BCUT2D eigenvalue weighted by Gasteiger charge is 2.52. The maximum absolute atomic E-state index is 13.6. The molecule has 2 fully saturated rings. The number of carbonyl (C=O) groups excluding carboxylic acids is 2. The van der Waals surface area contributed by atoms with Gasteiger partial charge in [0.05, 0.1) is 17.0 Å². The number of nitrogens with zero attached hydrogens (tertiary/aromatic N) is 3. The molecule has 0 radical (unpaired) electrons. The molecule has 2 atom stereocenters. The van der Waals surface area contributed by atoms with Crippen molar-refractivity contribution in [3.05, 3.63) is 12.4 Å². The molecule has 0 aliphatic carbocycles. The van der Waals surface area contributed by atoms with Gasteiger partial charge in [0.1, 0.15) is 11.6 Å². The van der Waals surface area contributed by atoms with Crippen LogP contribution in [0.1, 0.15) is 81.6 Å². The van der Waals surface area contributed by atoms with E-state index in [0.717, 1.165) is 12.8 Å². The topological polar surface area (TPSA) is 137 Å². The standard InChI is InChI=1S/C26H43BN4O7S/c1-17(2)20(30-23(33)36-24(3,4)5)21(32)31-13-11-10-12-19(31)16-39(34,35)22-28-14-18(15-29-22)27-37-25(6,7)26(8,9)38-27/h14-15,17,19-20H,10-13,16H2,1-9H3,(H,30,33). The Morgan fingerprint density at radius 3 is 2.21 bits per heavy atom. The summed E-state index contributed by atoms with van der Waals surface area (Å²) in [6.07, 6.45) is 4.19. The van der Waals surface area contributed by atoms with Crippen molar-refractivity contribution in [1.29, 1.82) is 0 Å². The van der Waals surface area contributed by atoms with Crippen molar-refractivity contribution in [3.63, 3.8) is 0 Å². The first-order chi connectivity index (χ1) is 17.8. The van der Waals surface area contributed by atoms with Crippen LogP contribution in [0.15, 0.2) is 17.6 Å². The van der Waals surface area contributed by atoms with Crippen molar-refractivity contribution in [1.82, 2.24) is 20.2 Å². The highest BCUT2D eigenvalue weighted by atomic mass is 32.2. The molecule has 2 unspecified atom stereocenters. The van der Waals surface area contributed by atoms with Crippen LogP contribution in [-0.4, -0.2) is 83.6 Å². The summed E-state index contributed by atoms with van der Waals surface area (Å²) in [4.78, 5) is 35.8. The molecule has 1 aromatic rings. The summed E-state index contributed by atoms with van der Waals surface area (Å²) < 4.78 is 44.0. The zero-order valence-electron chi connectivity index (χ0n) is 24.6. The quantitative estimate of drug-likeness (QED) is 0.390. The lowest BCUT2D eigenvalue weighted by Gasteiger charge is -2.38. The average molecular weight is 567 g/mol. The minimum atomic E-state index is -3.92. The van der Waals surface area contributed by atoms with Crippen LogP contribution in [-0.2, 0) is 28.7 Å². The van der Waals surface area contributed by atoms with Gasteiger partial charge in [-0.3, -0.25) is 4.79 Å². The molecule has 2 amide bonds. The van der Waals surface area contributed by atoms with Crippen molar-refractivity contribution >= 4 is 34.4 Å². The summed E-state index contributed by atoms with van der Waals surface area (Å²) in [6.45, 7) is 17.0. The van der Waals surface area contributed by atoms with Crippen LogP contribution >= 0.6 is 0 Å². The van der Waals surface area contributed by atoms with Gasteiger partial charge in [-0.15, -0.1) is 0 Å². The number of alkyl carbamates (subject to hydrolysis) is 1. The van der Waals surface area contributed by atoms with Crippen LogP contribution in [0.25, 0.3) is 0 Å². The van der Waals surface area contributed by atoms with Crippen LogP contribution < -0.4 is 10.8 Å². The van der Waals surface area contributed by atoms with E-state index in [1.54, 1.807) is 25.7 Å². The van der Waals surface area contributed by atoms with Gasteiger partial charge in [-0.2, -0.15) is 0 Å². The average Bonchev–Trinajstić information content (AvgIpc) is 3.02. The zero-order chi connectivity index (χ0) is 29.4. The summed E-state index contributed by atoms with van der Waals surface area (Å²) >= 11 is 0. The predicted octanol–water partition coefficient (Wildman–Crippen LogP) is 2.48. The van der Waals surface area contributed by atoms with Crippen LogP contribution in [0.2, 0.25) is 0 Å². The Balaban J connectivity index is 1.74. The van der Waals surface area contributed by atoms with Gasteiger partial charge in [-0.25, -0.2) is 23.2 Å². The van der Waals surface area contributed by atoms with Gasteiger partial charge in [-0.1, -0.05) is 13.8 Å². The van der Waals surface area contributed by atoms with Gasteiger partial charge in [0.2, 0.25) is 20.9 Å². The van der Waals surface area contributed by atoms with E-state index in [4.69, 9.17) is 14.0 Å². The lowest BCUT2D eigenvalue weighted by molar-refractivity contribution is -0.137. The summed E-state index contributed by atoms with van der Waals surface area (Å²) in [6, 6.07) is -1.41. The number of carbonyl (C=O) groups is 2. The van der Waals surface area contributed by atoms with E-state index in [-0.39, 0.29) is 22.7 Å². The van der Waals surface area contributed by atoms with E-state index in [2.05, 4.69) is 15.3 Å². The molecule has 2 saturated heterocycles. The molecule has 0 saturated carbocycles. The number of hydrogen-bond donors (Lipinski definition) is 1. The van der Waals surface area contributed by atoms with Crippen LogP contribution in [0.5, 0.6) is 0 Å². The number of rotatable bonds is 7. The maximum Gasteiger partial charge on any atom is 0.498 e. The number of nitrogens with one attached hydrogen (secondary N) is 1. The zero-order valence-corrected chi connectivity index (χ0v) is 25.4. The second kappa shape index (κ2) is 11.3. The lowest BCUT2D eigenvalue weighted by Crippen LogP contribution is -2.57. The van der Waals surface area contributed by atoms with E-state index in [0.29, 0.717) is 18.4 Å². The Hall–Kier alpha value is -2.25. The Kier molecular flexibility index (Phi) is 9.08. The number of aromatic nitrogens is 2. The van der Waals surface area contributed by atoms with Crippen LogP contribution in [0, 0.1) is 5.92 Å².